The number of anilines is 1. The lowest BCUT2D eigenvalue weighted by molar-refractivity contribution is 0.103. The van der Waals surface area contributed by atoms with E-state index >= 15 is 0 Å². The van der Waals surface area contributed by atoms with Crippen molar-refractivity contribution >= 4 is 22.9 Å². The second-order valence-electron chi connectivity index (χ2n) is 6.09. The first-order chi connectivity index (χ1) is 12.2. The molecular formula is C17H18N6OS. The third kappa shape index (κ3) is 3.17. The molecule has 0 atom stereocenters. The van der Waals surface area contributed by atoms with Crippen LogP contribution in [0.5, 0.6) is 0 Å². The Labute approximate surface area is 149 Å². The van der Waals surface area contributed by atoms with E-state index < -0.39 is 0 Å². The van der Waals surface area contributed by atoms with Crippen LogP contribution in [0.25, 0.3) is 11.4 Å². The SMILES string of the molecule is CCc1nc(C)c(C(=O)Nc2cccc(-c3nnnn3C3CC3)c2)s1. The molecule has 7 nitrogen and oxygen atoms in total. The molecule has 25 heavy (non-hydrogen) atoms. The first-order valence-corrected chi connectivity index (χ1v) is 9.13. The van der Waals surface area contributed by atoms with Crippen molar-refractivity contribution in [2.75, 3.05) is 5.32 Å². The maximum Gasteiger partial charge on any atom is 0.267 e. The highest BCUT2D eigenvalue weighted by Crippen LogP contribution is 2.36. The molecule has 0 bridgehead atoms. The summed E-state index contributed by atoms with van der Waals surface area (Å²) in [5.74, 6) is 0.606. The Kier molecular flexibility index (Phi) is 4.04. The predicted molar refractivity (Wildman–Crippen MR) is 95.7 cm³/mol. The summed E-state index contributed by atoms with van der Waals surface area (Å²) in [5.41, 5.74) is 2.39. The van der Waals surface area contributed by atoms with Crippen LogP contribution < -0.4 is 5.32 Å². The van der Waals surface area contributed by atoms with Crippen LogP contribution in [-0.4, -0.2) is 31.1 Å². The molecule has 1 aliphatic rings. The Morgan fingerprint density at radius 2 is 2.24 bits per heavy atom. The monoisotopic (exact) mass is 354 g/mol. The normalized spacial score (nSPS) is 13.8. The number of carbonyl (C=O) groups is 1. The van der Waals surface area contributed by atoms with Crippen LogP contribution in [0.3, 0.4) is 0 Å². The molecule has 8 heteroatoms. The molecule has 0 radical (unpaired) electrons. The van der Waals surface area contributed by atoms with Crippen LogP contribution in [0.1, 0.15) is 46.2 Å². The van der Waals surface area contributed by atoms with Gasteiger partial charge in [-0.3, -0.25) is 4.79 Å². The molecule has 1 amide bonds. The number of aryl methyl sites for hydroxylation is 2. The molecule has 1 aromatic carbocycles. The van der Waals surface area contributed by atoms with Crippen molar-refractivity contribution in [3.05, 3.63) is 39.8 Å². The summed E-state index contributed by atoms with van der Waals surface area (Å²) in [7, 11) is 0. The fourth-order valence-corrected chi connectivity index (χ4v) is 3.59. The maximum absolute atomic E-state index is 12.6. The highest BCUT2D eigenvalue weighted by atomic mass is 32.1. The topological polar surface area (TPSA) is 85.6 Å². The second-order valence-corrected chi connectivity index (χ2v) is 7.17. The number of hydrogen-bond donors (Lipinski definition) is 1. The van der Waals surface area contributed by atoms with E-state index in [1.165, 1.54) is 11.3 Å². The van der Waals surface area contributed by atoms with Gasteiger partial charge in [-0.05, 0) is 48.7 Å². The molecule has 3 aromatic rings. The number of rotatable bonds is 5. The van der Waals surface area contributed by atoms with Gasteiger partial charge in [-0.1, -0.05) is 19.1 Å². The zero-order chi connectivity index (χ0) is 17.4. The highest BCUT2D eigenvalue weighted by molar-refractivity contribution is 7.13. The molecule has 0 aliphatic heterocycles. The van der Waals surface area contributed by atoms with E-state index in [0.717, 1.165) is 47.0 Å². The van der Waals surface area contributed by atoms with Crippen molar-refractivity contribution in [2.24, 2.45) is 0 Å². The van der Waals surface area contributed by atoms with Gasteiger partial charge in [0.05, 0.1) is 16.7 Å². The van der Waals surface area contributed by atoms with E-state index in [-0.39, 0.29) is 5.91 Å². The number of hydrogen-bond acceptors (Lipinski definition) is 6. The molecule has 1 fully saturated rings. The number of tetrazole rings is 1. The quantitative estimate of drug-likeness (QED) is 0.760. The fourth-order valence-electron chi connectivity index (χ4n) is 2.69. The molecular weight excluding hydrogens is 336 g/mol. The van der Waals surface area contributed by atoms with Gasteiger partial charge in [0.1, 0.15) is 4.88 Å². The zero-order valence-electron chi connectivity index (χ0n) is 14.1. The van der Waals surface area contributed by atoms with Gasteiger partial charge in [-0.2, -0.15) is 0 Å². The Morgan fingerprint density at radius 3 is 2.96 bits per heavy atom. The van der Waals surface area contributed by atoms with Gasteiger partial charge in [-0.25, -0.2) is 9.67 Å². The number of aromatic nitrogens is 5. The van der Waals surface area contributed by atoms with Gasteiger partial charge in [0.15, 0.2) is 5.82 Å². The van der Waals surface area contributed by atoms with E-state index in [2.05, 4.69) is 25.8 Å². The number of thiazole rings is 1. The van der Waals surface area contributed by atoms with Crippen LogP contribution >= 0.6 is 11.3 Å². The third-order valence-corrected chi connectivity index (χ3v) is 5.41. The van der Waals surface area contributed by atoms with Crippen molar-refractivity contribution in [1.82, 2.24) is 25.2 Å². The Bertz CT molecular complexity index is 927. The van der Waals surface area contributed by atoms with Crippen molar-refractivity contribution in [3.63, 3.8) is 0 Å². The Balaban J connectivity index is 1.58. The summed E-state index contributed by atoms with van der Waals surface area (Å²) in [6.45, 7) is 3.90. The standard InChI is InChI=1S/C17H18N6OS/c1-3-14-18-10(2)15(25-14)17(24)19-12-6-4-5-11(9-12)16-20-21-22-23(16)13-7-8-13/h4-6,9,13H,3,7-8H2,1-2H3,(H,19,24). The van der Waals surface area contributed by atoms with E-state index in [1.807, 2.05) is 42.8 Å². The van der Waals surface area contributed by atoms with E-state index in [1.54, 1.807) is 0 Å². The van der Waals surface area contributed by atoms with Gasteiger partial charge >= 0.3 is 0 Å². The van der Waals surface area contributed by atoms with Gasteiger partial charge in [0.25, 0.3) is 5.91 Å². The summed E-state index contributed by atoms with van der Waals surface area (Å²) >= 11 is 1.44. The highest BCUT2D eigenvalue weighted by Gasteiger charge is 2.28. The lowest BCUT2D eigenvalue weighted by Gasteiger charge is -2.07. The Hall–Kier alpha value is -2.61. The number of carbonyl (C=O) groups excluding carboxylic acids is 1. The number of nitrogens with one attached hydrogen (secondary N) is 1. The van der Waals surface area contributed by atoms with Crippen molar-refractivity contribution in [1.29, 1.82) is 0 Å². The molecule has 128 valence electrons. The molecule has 0 saturated heterocycles. The molecule has 0 unspecified atom stereocenters. The van der Waals surface area contributed by atoms with Crippen LogP contribution in [0.15, 0.2) is 24.3 Å². The van der Waals surface area contributed by atoms with E-state index in [9.17, 15) is 4.79 Å². The average molecular weight is 354 g/mol. The second kappa shape index (κ2) is 6.36. The number of amides is 1. The molecule has 2 aromatic heterocycles. The van der Waals surface area contributed by atoms with Gasteiger partial charge in [0.2, 0.25) is 0 Å². The van der Waals surface area contributed by atoms with Crippen molar-refractivity contribution in [2.45, 2.75) is 39.2 Å². The van der Waals surface area contributed by atoms with Crippen LogP contribution in [0, 0.1) is 6.92 Å². The largest absolute Gasteiger partial charge is 0.321 e. The predicted octanol–water partition coefficient (Wildman–Crippen LogP) is 3.25. The minimum Gasteiger partial charge on any atom is -0.321 e. The van der Waals surface area contributed by atoms with Gasteiger partial charge in [-0.15, -0.1) is 16.4 Å². The fraction of sp³-hybridized carbons (Fsp3) is 0.353. The smallest absolute Gasteiger partial charge is 0.267 e. The van der Waals surface area contributed by atoms with E-state index in [4.69, 9.17) is 0 Å². The molecule has 2 heterocycles. The minimum absolute atomic E-state index is 0.131. The minimum atomic E-state index is -0.131. The summed E-state index contributed by atoms with van der Waals surface area (Å²) < 4.78 is 1.86. The zero-order valence-corrected chi connectivity index (χ0v) is 14.9. The molecule has 1 N–H and O–H groups in total. The van der Waals surface area contributed by atoms with E-state index in [0.29, 0.717) is 10.9 Å². The maximum atomic E-state index is 12.6. The molecule has 1 aliphatic carbocycles. The van der Waals surface area contributed by atoms with Crippen LogP contribution in [0.4, 0.5) is 5.69 Å². The number of benzene rings is 1. The molecule has 1 saturated carbocycles. The summed E-state index contributed by atoms with van der Waals surface area (Å²) in [6, 6.07) is 8.01. The average Bonchev–Trinajstić information content (AvgIpc) is 3.21. The number of nitrogens with zero attached hydrogens (tertiary/aromatic N) is 5. The summed E-state index contributed by atoms with van der Waals surface area (Å²) in [4.78, 5) is 17.6. The van der Waals surface area contributed by atoms with Crippen LogP contribution in [0.2, 0.25) is 0 Å². The first-order valence-electron chi connectivity index (χ1n) is 8.31. The summed E-state index contributed by atoms with van der Waals surface area (Å²) in [6.07, 6.45) is 3.05. The van der Waals surface area contributed by atoms with Gasteiger partial charge < -0.3 is 5.32 Å². The lowest BCUT2D eigenvalue weighted by atomic mass is 10.2. The van der Waals surface area contributed by atoms with Crippen LogP contribution in [-0.2, 0) is 6.42 Å². The Morgan fingerprint density at radius 1 is 1.40 bits per heavy atom. The lowest BCUT2D eigenvalue weighted by Crippen LogP contribution is -2.11. The third-order valence-electron chi connectivity index (χ3n) is 4.11. The van der Waals surface area contributed by atoms with Crippen molar-refractivity contribution < 1.29 is 4.79 Å². The van der Waals surface area contributed by atoms with Gasteiger partial charge in [0, 0.05) is 11.3 Å². The summed E-state index contributed by atoms with van der Waals surface area (Å²) in [5, 5.41) is 15.9. The molecule has 0 spiro atoms. The molecule has 4 rings (SSSR count). The first kappa shape index (κ1) is 15.9. The van der Waals surface area contributed by atoms with Crippen molar-refractivity contribution in [3.8, 4) is 11.4 Å².